The Morgan fingerprint density at radius 2 is 2.30 bits per heavy atom. The number of hydrogen-bond donors (Lipinski definition) is 2. The van der Waals surface area contributed by atoms with Crippen molar-refractivity contribution in [2.75, 3.05) is 58.0 Å². The predicted molar refractivity (Wildman–Crippen MR) is 97.7 cm³/mol. The summed E-state index contributed by atoms with van der Waals surface area (Å²) >= 11 is 0. The summed E-state index contributed by atoms with van der Waals surface area (Å²) in [7, 11) is 1.63. The molecule has 1 saturated heterocycles. The van der Waals surface area contributed by atoms with E-state index in [-0.39, 0.29) is 18.6 Å². The summed E-state index contributed by atoms with van der Waals surface area (Å²) in [6.07, 6.45) is -0.193. The number of carboxylic acid groups (broad SMARTS) is 1. The van der Waals surface area contributed by atoms with E-state index in [0.717, 1.165) is 6.42 Å². The average molecular weight is 379 g/mol. The summed E-state index contributed by atoms with van der Waals surface area (Å²) in [4.78, 5) is 26.4. The van der Waals surface area contributed by atoms with Crippen LogP contribution in [0.2, 0.25) is 0 Å². The van der Waals surface area contributed by atoms with Gasteiger partial charge >= 0.3 is 6.09 Å². The topological polar surface area (TPSA) is 101 Å². The van der Waals surface area contributed by atoms with Crippen LogP contribution in [0.5, 0.6) is 11.5 Å². The van der Waals surface area contributed by atoms with Gasteiger partial charge < -0.3 is 34.4 Å². The second-order valence-electron chi connectivity index (χ2n) is 6.50. The highest BCUT2D eigenvalue weighted by molar-refractivity contribution is 5.98. The van der Waals surface area contributed by atoms with E-state index in [0.29, 0.717) is 56.6 Å². The number of piperazine rings is 1. The maximum absolute atomic E-state index is 12.2. The van der Waals surface area contributed by atoms with Crippen LogP contribution in [0.25, 0.3) is 0 Å². The van der Waals surface area contributed by atoms with Crippen LogP contribution < -0.4 is 19.7 Å². The van der Waals surface area contributed by atoms with Crippen LogP contribution in [0.1, 0.15) is 6.42 Å². The van der Waals surface area contributed by atoms with Crippen molar-refractivity contribution in [2.24, 2.45) is 0 Å². The molecule has 9 heteroatoms. The van der Waals surface area contributed by atoms with Gasteiger partial charge in [0, 0.05) is 46.0 Å². The summed E-state index contributed by atoms with van der Waals surface area (Å²) in [5.74, 6) is 1.16. The second kappa shape index (κ2) is 8.92. The first-order valence-corrected chi connectivity index (χ1v) is 8.98. The van der Waals surface area contributed by atoms with Gasteiger partial charge in [0.2, 0.25) is 0 Å². The minimum absolute atomic E-state index is 0.0250. The first-order valence-electron chi connectivity index (χ1n) is 8.98. The molecule has 0 bridgehead atoms. The Bertz CT molecular complexity index is 683. The number of amides is 2. The fourth-order valence-corrected chi connectivity index (χ4v) is 3.19. The zero-order valence-corrected chi connectivity index (χ0v) is 15.3. The molecule has 1 unspecified atom stereocenters. The fourth-order valence-electron chi connectivity index (χ4n) is 3.19. The summed E-state index contributed by atoms with van der Waals surface area (Å²) < 4.78 is 16.4. The summed E-state index contributed by atoms with van der Waals surface area (Å²) in [6.45, 7) is 2.93. The zero-order chi connectivity index (χ0) is 19.2. The van der Waals surface area contributed by atoms with Gasteiger partial charge in [0.05, 0.1) is 11.7 Å². The van der Waals surface area contributed by atoms with Gasteiger partial charge in [-0.2, -0.15) is 0 Å². The molecule has 9 nitrogen and oxygen atoms in total. The van der Waals surface area contributed by atoms with Crippen LogP contribution in [0, 0.1) is 0 Å². The van der Waals surface area contributed by atoms with Crippen LogP contribution in [-0.4, -0.2) is 81.2 Å². The number of nitrogens with one attached hydrogen (secondary N) is 1. The Kier molecular flexibility index (Phi) is 6.36. The molecule has 0 radical (unpaired) electrons. The highest BCUT2D eigenvalue weighted by atomic mass is 16.5. The summed E-state index contributed by atoms with van der Waals surface area (Å²) in [5, 5.41) is 12.4. The van der Waals surface area contributed by atoms with Gasteiger partial charge in [0.1, 0.15) is 18.1 Å². The Morgan fingerprint density at radius 3 is 3.07 bits per heavy atom. The van der Waals surface area contributed by atoms with Crippen LogP contribution in [0.3, 0.4) is 0 Å². The van der Waals surface area contributed by atoms with E-state index in [4.69, 9.17) is 19.3 Å². The minimum atomic E-state index is -0.919. The monoisotopic (exact) mass is 379 g/mol. The number of fused-ring (bicyclic) bond motifs is 1. The van der Waals surface area contributed by atoms with E-state index in [1.54, 1.807) is 30.2 Å². The molecule has 1 atom stereocenters. The number of methoxy groups -OCH3 is 1. The molecule has 2 N–H and O–H groups in total. The predicted octanol–water partition coefficient (Wildman–Crippen LogP) is 0.779. The van der Waals surface area contributed by atoms with Crippen molar-refractivity contribution in [1.29, 1.82) is 0 Å². The zero-order valence-electron chi connectivity index (χ0n) is 15.3. The van der Waals surface area contributed by atoms with Gasteiger partial charge in [-0.05, 0) is 18.6 Å². The number of carbonyl (C=O) groups is 2. The third kappa shape index (κ3) is 4.81. The normalized spacial score (nSPS) is 19.4. The molecule has 1 aromatic rings. The van der Waals surface area contributed by atoms with Crippen molar-refractivity contribution in [1.82, 2.24) is 10.2 Å². The molecule has 3 rings (SSSR count). The van der Waals surface area contributed by atoms with E-state index in [2.05, 4.69) is 5.32 Å². The largest absolute Gasteiger partial charge is 0.492 e. The van der Waals surface area contributed by atoms with Crippen molar-refractivity contribution in [3.05, 3.63) is 18.2 Å². The first kappa shape index (κ1) is 19.2. The Balaban J connectivity index is 1.64. The van der Waals surface area contributed by atoms with Crippen molar-refractivity contribution in [2.45, 2.75) is 12.5 Å². The highest BCUT2D eigenvalue weighted by Gasteiger charge is 2.26. The number of benzene rings is 1. The molecular weight excluding hydrogens is 354 g/mol. The Hall–Kier alpha value is -2.52. The standard InChI is InChI=1S/C18H25N3O6/c1-25-8-2-6-21-15-9-14(3-4-16(15)27-12-17(21)22)26-11-13-10-20(18(23)24)7-5-19-13/h3-4,9,13,19H,2,5-8,10-12H2,1H3,(H,23,24). The molecule has 0 aromatic heterocycles. The van der Waals surface area contributed by atoms with Crippen LogP contribution in [-0.2, 0) is 9.53 Å². The first-order chi connectivity index (χ1) is 13.1. The summed E-state index contributed by atoms with van der Waals surface area (Å²) in [6, 6.07) is 5.29. The molecular formula is C18H25N3O6. The van der Waals surface area contributed by atoms with E-state index < -0.39 is 6.09 Å². The molecule has 27 heavy (non-hydrogen) atoms. The van der Waals surface area contributed by atoms with Gasteiger partial charge in [-0.3, -0.25) is 4.79 Å². The summed E-state index contributed by atoms with van der Waals surface area (Å²) in [5.41, 5.74) is 0.684. The van der Waals surface area contributed by atoms with E-state index in [9.17, 15) is 9.59 Å². The molecule has 2 amide bonds. The molecule has 2 aliphatic heterocycles. The van der Waals surface area contributed by atoms with Crippen LogP contribution in [0.15, 0.2) is 18.2 Å². The smallest absolute Gasteiger partial charge is 0.407 e. The van der Waals surface area contributed by atoms with Gasteiger partial charge in [0.25, 0.3) is 5.91 Å². The lowest BCUT2D eigenvalue weighted by Crippen LogP contribution is -2.54. The van der Waals surface area contributed by atoms with Gasteiger partial charge in [-0.15, -0.1) is 0 Å². The maximum atomic E-state index is 12.2. The molecule has 2 heterocycles. The van der Waals surface area contributed by atoms with Gasteiger partial charge in [-0.1, -0.05) is 0 Å². The highest BCUT2D eigenvalue weighted by Crippen LogP contribution is 2.35. The Morgan fingerprint density at radius 1 is 1.44 bits per heavy atom. The minimum Gasteiger partial charge on any atom is -0.492 e. The van der Waals surface area contributed by atoms with Crippen LogP contribution >= 0.6 is 0 Å². The number of nitrogens with zero attached hydrogens (tertiary/aromatic N) is 2. The molecule has 1 aromatic carbocycles. The number of rotatable bonds is 7. The van der Waals surface area contributed by atoms with Crippen molar-refractivity contribution in [3.63, 3.8) is 0 Å². The van der Waals surface area contributed by atoms with Crippen molar-refractivity contribution < 1.29 is 28.9 Å². The van der Waals surface area contributed by atoms with E-state index in [1.165, 1.54) is 4.90 Å². The lowest BCUT2D eigenvalue weighted by atomic mass is 10.2. The number of ether oxygens (including phenoxy) is 3. The van der Waals surface area contributed by atoms with Gasteiger partial charge in [0.15, 0.2) is 6.61 Å². The third-order valence-electron chi connectivity index (χ3n) is 4.58. The number of anilines is 1. The second-order valence-corrected chi connectivity index (χ2v) is 6.50. The molecule has 1 fully saturated rings. The lowest BCUT2D eigenvalue weighted by molar-refractivity contribution is -0.121. The molecule has 0 saturated carbocycles. The number of carbonyl (C=O) groups excluding carboxylic acids is 1. The Labute approximate surface area is 157 Å². The SMILES string of the molecule is COCCCN1C(=O)COc2ccc(OCC3CN(C(=O)O)CCN3)cc21. The number of hydrogen-bond acceptors (Lipinski definition) is 6. The maximum Gasteiger partial charge on any atom is 0.407 e. The van der Waals surface area contributed by atoms with E-state index >= 15 is 0 Å². The average Bonchev–Trinajstić information content (AvgIpc) is 2.68. The molecule has 0 spiro atoms. The van der Waals surface area contributed by atoms with Gasteiger partial charge in [-0.25, -0.2) is 4.79 Å². The fraction of sp³-hybridized carbons (Fsp3) is 0.556. The van der Waals surface area contributed by atoms with Crippen molar-refractivity contribution >= 4 is 17.7 Å². The van der Waals surface area contributed by atoms with Crippen molar-refractivity contribution in [3.8, 4) is 11.5 Å². The molecule has 0 aliphatic carbocycles. The molecule has 2 aliphatic rings. The molecule has 148 valence electrons. The van der Waals surface area contributed by atoms with Crippen LogP contribution in [0.4, 0.5) is 10.5 Å². The quantitative estimate of drug-likeness (QED) is 0.675. The van der Waals surface area contributed by atoms with E-state index in [1.807, 2.05) is 0 Å². The third-order valence-corrected chi connectivity index (χ3v) is 4.58. The lowest BCUT2D eigenvalue weighted by Gasteiger charge is -2.32.